The maximum absolute atomic E-state index is 12.6. The van der Waals surface area contributed by atoms with Crippen molar-refractivity contribution in [1.82, 2.24) is 0 Å². The van der Waals surface area contributed by atoms with Crippen LogP contribution in [0.15, 0.2) is 109 Å². The summed E-state index contributed by atoms with van der Waals surface area (Å²) in [6.45, 7) is 4.02. The van der Waals surface area contributed by atoms with Gasteiger partial charge in [0, 0.05) is 12.8 Å². The van der Waals surface area contributed by atoms with E-state index in [0.29, 0.717) is 23.9 Å². The molecule has 1 N–H and O–H groups in total. The molecular formula is C46H75NO8P+. The van der Waals surface area contributed by atoms with Gasteiger partial charge >= 0.3 is 19.8 Å². The van der Waals surface area contributed by atoms with E-state index in [1.165, 1.54) is 0 Å². The van der Waals surface area contributed by atoms with Gasteiger partial charge in [0.25, 0.3) is 0 Å². The van der Waals surface area contributed by atoms with Crippen molar-refractivity contribution in [3.8, 4) is 0 Å². The highest BCUT2D eigenvalue weighted by Gasteiger charge is 2.27. The lowest BCUT2D eigenvalue weighted by Gasteiger charge is -2.24. The summed E-state index contributed by atoms with van der Waals surface area (Å²) in [6, 6.07) is 0. The molecule has 56 heavy (non-hydrogen) atoms. The van der Waals surface area contributed by atoms with Gasteiger partial charge in [0.2, 0.25) is 0 Å². The number of phosphoric ester groups is 1. The highest BCUT2D eigenvalue weighted by atomic mass is 31.2. The number of ether oxygens (including phenoxy) is 2. The Labute approximate surface area is 340 Å². The number of nitrogens with zero attached hydrogens (tertiary/aromatic N) is 1. The number of carbonyl (C=O) groups is 2. The number of hydrogen-bond donors (Lipinski definition) is 1. The Bertz CT molecular complexity index is 1320. The van der Waals surface area contributed by atoms with E-state index >= 15 is 0 Å². The minimum Gasteiger partial charge on any atom is -0.462 e. The van der Waals surface area contributed by atoms with Gasteiger partial charge in [0.1, 0.15) is 19.8 Å². The van der Waals surface area contributed by atoms with Gasteiger partial charge in [-0.05, 0) is 83.5 Å². The molecule has 0 aliphatic heterocycles. The molecule has 0 rings (SSSR count). The van der Waals surface area contributed by atoms with Crippen LogP contribution in [0, 0.1) is 0 Å². The van der Waals surface area contributed by atoms with Crippen LogP contribution in [0.2, 0.25) is 0 Å². The Balaban J connectivity index is 4.60. The fourth-order valence-corrected chi connectivity index (χ4v) is 5.38. The number of carbonyl (C=O) groups excluding carboxylic acids is 2. The number of esters is 2. The third-order valence-electron chi connectivity index (χ3n) is 7.81. The van der Waals surface area contributed by atoms with Gasteiger partial charge in [-0.2, -0.15) is 0 Å². The predicted octanol–water partition coefficient (Wildman–Crippen LogP) is 11.6. The Morgan fingerprint density at radius 3 is 1.46 bits per heavy atom. The van der Waals surface area contributed by atoms with Crippen molar-refractivity contribution in [1.29, 1.82) is 0 Å². The monoisotopic (exact) mass is 801 g/mol. The molecule has 2 atom stereocenters. The zero-order valence-corrected chi connectivity index (χ0v) is 36.2. The number of quaternary nitrogens is 1. The van der Waals surface area contributed by atoms with Crippen molar-refractivity contribution in [3.63, 3.8) is 0 Å². The lowest BCUT2D eigenvalue weighted by Crippen LogP contribution is -2.37. The summed E-state index contributed by atoms with van der Waals surface area (Å²) in [7, 11) is 1.39. The number of unbranched alkanes of at least 4 members (excludes halogenated alkanes) is 3. The SMILES string of the molecule is CC/C=C\C/C=C\C/C=C\C/C=C\C/C=C\C/C=C\CCC(=O)OC(COC(=O)CCCCC/C=C\C/C=C\C/C=C\CC)COP(=O)(O)OCC[N+](C)(C)C. The van der Waals surface area contributed by atoms with Gasteiger partial charge in [-0.15, -0.1) is 0 Å². The summed E-state index contributed by atoms with van der Waals surface area (Å²) in [5, 5.41) is 0. The first-order chi connectivity index (χ1) is 27.0. The van der Waals surface area contributed by atoms with Crippen LogP contribution in [0.4, 0.5) is 0 Å². The Kier molecular flexibility index (Phi) is 35.0. The molecule has 0 saturated carbocycles. The third-order valence-corrected chi connectivity index (χ3v) is 8.80. The molecule has 0 fully saturated rings. The molecule has 0 radical (unpaired) electrons. The maximum atomic E-state index is 12.6. The van der Waals surface area contributed by atoms with Gasteiger partial charge in [-0.25, -0.2) is 4.57 Å². The molecule has 0 bridgehead atoms. The van der Waals surface area contributed by atoms with Gasteiger partial charge in [0.05, 0.1) is 27.7 Å². The number of allylic oxidation sites excluding steroid dienone is 18. The summed E-state index contributed by atoms with van der Waals surface area (Å²) in [6.07, 6.45) is 50.2. The Morgan fingerprint density at radius 1 is 0.554 bits per heavy atom. The van der Waals surface area contributed by atoms with Crippen molar-refractivity contribution in [3.05, 3.63) is 109 Å². The lowest BCUT2D eigenvalue weighted by molar-refractivity contribution is -0.870. The van der Waals surface area contributed by atoms with E-state index in [1.54, 1.807) is 0 Å². The van der Waals surface area contributed by atoms with Gasteiger partial charge in [-0.1, -0.05) is 130 Å². The molecule has 0 aromatic carbocycles. The Morgan fingerprint density at radius 2 is 1.00 bits per heavy atom. The zero-order chi connectivity index (χ0) is 41.4. The number of phosphoric acid groups is 1. The molecule has 0 aromatic rings. The third kappa shape index (κ3) is 40.3. The second kappa shape index (κ2) is 37.3. The van der Waals surface area contributed by atoms with E-state index in [-0.39, 0.29) is 26.1 Å². The van der Waals surface area contributed by atoms with Crippen molar-refractivity contribution in [2.24, 2.45) is 0 Å². The van der Waals surface area contributed by atoms with Crippen LogP contribution in [0.1, 0.15) is 117 Å². The minimum atomic E-state index is -4.41. The zero-order valence-electron chi connectivity index (χ0n) is 35.3. The minimum absolute atomic E-state index is 0.00640. The Hall–Kier alpha value is -3.33. The fourth-order valence-electron chi connectivity index (χ4n) is 4.64. The van der Waals surface area contributed by atoms with Crippen LogP contribution >= 0.6 is 7.82 Å². The largest absolute Gasteiger partial charge is 0.472 e. The topological polar surface area (TPSA) is 108 Å². The highest BCUT2D eigenvalue weighted by molar-refractivity contribution is 7.47. The molecule has 0 aliphatic carbocycles. The molecule has 0 saturated heterocycles. The first-order valence-electron chi connectivity index (χ1n) is 20.6. The van der Waals surface area contributed by atoms with E-state index in [9.17, 15) is 19.0 Å². The molecular weight excluding hydrogens is 725 g/mol. The van der Waals surface area contributed by atoms with Crippen LogP contribution in [-0.4, -0.2) is 74.9 Å². The van der Waals surface area contributed by atoms with Crippen LogP contribution in [-0.2, 0) is 32.7 Å². The van der Waals surface area contributed by atoms with Gasteiger partial charge in [0.15, 0.2) is 6.10 Å². The molecule has 0 aliphatic rings. The van der Waals surface area contributed by atoms with E-state index in [0.717, 1.165) is 77.0 Å². The lowest BCUT2D eigenvalue weighted by atomic mass is 10.1. The molecule has 10 heteroatoms. The van der Waals surface area contributed by atoms with Crippen molar-refractivity contribution < 1.29 is 42.1 Å². The molecule has 0 amide bonds. The second-order valence-electron chi connectivity index (χ2n) is 14.3. The summed E-state index contributed by atoms with van der Waals surface area (Å²) in [5.74, 6) is -0.946. The molecule has 0 aromatic heterocycles. The first kappa shape index (κ1) is 52.7. The van der Waals surface area contributed by atoms with Crippen LogP contribution in [0.3, 0.4) is 0 Å². The van der Waals surface area contributed by atoms with E-state index in [4.69, 9.17) is 18.5 Å². The standard InChI is InChI=1S/C46H74NO8P/c1-6-8-10-12-14-16-18-20-21-22-23-24-25-27-29-31-33-35-37-39-46(49)55-44(43-54-56(50,51)53-41-40-47(3,4)5)42-52-45(48)38-36-34-32-30-28-26-19-17-15-13-11-9-7-2/h8-11,14-17,20-21,23-24,26-29,33,35,44H,6-7,12-13,18-19,22,25,30-32,34,36-43H2,1-5H3/p+1/b10-8-,11-9-,16-14-,17-15-,21-20-,24-23-,28-26-,29-27-,35-33-. The first-order valence-corrected chi connectivity index (χ1v) is 22.1. The molecule has 9 nitrogen and oxygen atoms in total. The van der Waals surface area contributed by atoms with Gasteiger partial charge < -0.3 is 18.9 Å². The van der Waals surface area contributed by atoms with Gasteiger partial charge in [-0.3, -0.25) is 18.6 Å². The summed E-state index contributed by atoms with van der Waals surface area (Å²) in [4.78, 5) is 35.2. The summed E-state index contributed by atoms with van der Waals surface area (Å²) < 4.78 is 34.1. The average molecular weight is 801 g/mol. The highest BCUT2D eigenvalue weighted by Crippen LogP contribution is 2.43. The van der Waals surface area contributed by atoms with Crippen molar-refractivity contribution >= 4 is 19.8 Å². The van der Waals surface area contributed by atoms with Crippen molar-refractivity contribution in [2.75, 3.05) is 47.5 Å². The summed E-state index contributed by atoms with van der Waals surface area (Å²) >= 11 is 0. The van der Waals surface area contributed by atoms with Crippen LogP contribution in [0.5, 0.6) is 0 Å². The van der Waals surface area contributed by atoms with Crippen molar-refractivity contribution in [2.45, 2.75) is 123 Å². The van der Waals surface area contributed by atoms with E-state index in [2.05, 4.69) is 111 Å². The number of hydrogen-bond acceptors (Lipinski definition) is 7. The fraction of sp³-hybridized carbons (Fsp3) is 0.565. The number of likely N-dealkylation sites (N-methyl/N-ethyl adjacent to an activating group) is 1. The normalized spacial score (nSPS) is 14.8. The van der Waals surface area contributed by atoms with Crippen LogP contribution < -0.4 is 0 Å². The smallest absolute Gasteiger partial charge is 0.462 e. The quantitative estimate of drug-likeness (QED) is 0.0222. The average Bonchev–Trinajstić information content (AvgIpc) is 3.15. The molecule has 0 heterocycles. The molecule has 2 unspecified atom stereocenters. The molecule has 316 valence electrons. The van der Waals surface area contributed by atoms with Crippen LogP contribution in [0.25, 0.3) is 0 Å². The number of rotatable bonds is 35. The predicted molar refractivity (Wildman–Crippen MR) is 233 cm³/mol. The van der Waals surface area contributed by atoms with E-state index < -0.39 is 32.5 Å². The summed E-state index contributed by atoms with van der Waals surface area (Å²) in [5.41, 5.74) is 0. The second-order valence-corrected chi connectivity index (χ2v) is 15.7. The molecule has 0 spiro atoms. The maximum Gasteiger partial charge on any atom is 0.472 e. The van der Waals surface area contributed by atoms with E-state index in [1.807, 2.05) is 33.3 Å².